The number of carboxylic acids is 2. The predicted octanol–water partition coefficient (Wildman–Crippen LogP) is -0.871. The van der Waals surface area contributed by atoms with Gasteiger partial charge in [-0.15, -0.1) is 0 Å². The van der Waals surface area contributed by atoms with Crippen LogP contribution in [0.2, 0.25) is 0 Å². The van der Waals surface area contributed by atoms with Crippen LogP contribution < -0.4 is 16.4 Å². The zero-order valence-electron chi connectivity index (χ0n) is 13.3. The molecule has 3 atom stereocenters. The zero-order valence-corrected chi connectivity index (χ0v) is 14.2. The molecule has 0 aromatic heterocycles. The number of nitrogens with two attached hydrogens (primary N) is 1. The minimum absolute atomic E-state index is 0.0125. The number of carboxylic acid groups (broad SMARTS) is 2. The van der Waals surface area contributed by atoms with Gasteiger partial charge in [0.25, 0.3) is 0 Å². The van der Waals surface area contributed by atoms with Gasteiger partial charge in [-0.3, -0.25) is 14.4 Å². The molecule has 0 unspecified atom stereocenters. The molecule has 0 saturated heterocycles. The average Bonchev–Trinajstić information content (AvgIpc) is 2.48. The van der Waals surface area contributed by atoms with Crippen molar-refractivity contribution in [2.75, 3.05) is 5.75 Å². The molecule has 0 rings (SSSR count). The topological polar surface area (TPSA) is 159 Å². The number of carbonyl (C=O) groups excluding carboxylic acids is 2. The highest BCUT2D eigenvalue weighted by atomic mass is 32.1. The van der Waals surface area contributed by atoms with Crippen LogP contribution in [0.4, 0.5) is 0 Å². The summed E-state index contributed by atoms with van der Waals surface area (Å²) in [7, 11) is 0. The Hall–Kier alpha value is -2.07. The molecule has 6 N–H and O–H groups in total. The molecule has 9 nitrogen and oxygen atoms in total. The van der Waals surface area contributed by atoms with Crippen molar-refractivity contribution in [2.45, 2.75) is 44.3 Å². The minimum atomic E-state index is -1.26. The van der Waals surface area contributed by atoms with Crippen molar-refractivity contribution in [1.82, 2.24) is 10.6 Å². The second-order valence-corrected chi connectivity index (χ2v) is 5.63. The molecule has 2 amide bonds. The SMILES string of the molecule is C=C(C)[C@H](NC(=O)[C@H](CS)NC(=O)CCC[C@H](N)C(=O)O)C(=O)O. The molecule has 0 aliphatic rings. The summed E-state index contributed by atoms with van der Waals surface area (Å²) in [5, 5.41) is 22.3. The molecule has 0 aliphatic carbocycles. The van der Waals surface area contributed by atoms with Gasteiger partial charge in [-0.05, 0) is 25.3 Å². The van der Waals surface area contributed by atoms with Crippen molar-refractivity contribution in [3.05, 3.63) is 12.2 Å². The molecule has 0 aromatic carbocycles. The van der Waals surface area contributed by atoms with Crippen molar-refractivity contribution in [2.24, 2.45) is 5.73 Å². The standard InChI is InChI=1S/C14H23N3O6S/c1-7(2)11(14(22)23)17-12(19)9(6-24)16-10(18)5-3-4-8(15)13(20)21/h8-9,11,24H,1,3-6,15H2,2H3,(H,16,18)(H,17,19)(H,20,21)(H,22,23)/t8-,9-,11-/m0/s1. The van der Waals surface area contributed by atoms with Gasteiger partial charge in [0, 0.05) is 12.2 Å². The molecule has 0 saturated carbocycles. The highest BCUT2D eigenvalue weighted by molar-refractivity contribution is 7.80. The van der Waals surface area contributed by atoms with Gasteiger partial charge in [0.15, 0.2) is 0 Å². The second-order valence-electron chi connectivity index (χ2n) is 5.27. The number of hydrogen-bond donors (Lipinski definition) is 6. The van der Waals surface area contributed by atoms with Gasteiger partial charge in [-0.2, -0.15) is 12.6 Å². The van der Waals surface area contributed by atoms with Gasteiger partial charge in [0.2, 0.25) is 11.8 Å². The lowest BCUT2D eigenvalue weighted by molar-refractivity contribution is -0.141. The number of thiol groups is 1. The highest BCUT2D eigenvalue weighted by Gasteiger charge is 2.26. The van der Waals surface area contributed by atoms with Crippen LogP contribution in [-0.4, -0.2) is 57.8 Å². The molecular weight excluding hydrogens is 338 g/mol. The first-order valence-corrected chi connectivity index (χ1v) is 7.80. The smallest absolute Gasteiger partial charge is 0.330 e. The van der Waals surface area contributed by atoms with Crippen molar-refractivity contribution in [1.29, 1.82) is 0 Å². The summed E-state index contributed by atoms with van der Waals surface area (Å²) in [6, 6.07) is -3.32. The third kappa shape index (κ3) is 7.97. The van der Waals surface area contributed by atoms with E-state index < -0.39 is 41.9 Å². The number of nitrogens with one attached hydrogen (secondary N) is 2. The maximum Gasteiger partial charge on any atom is 0.330 e. The molecule has 0 radical (unpaired) electrons. The van der Waals surface area contributed by atoms with Crippen LogP contribution in [0.25, 0.3) is 0 Å². The van der Waals surface area contributed by atoms with E-state index in [-0.39, 0.29) is 30.6 Å². The van der Waals surface area contributed by atoms with Crippen LogP contribution >= 0.6 is 12.6 Å². The monoisotopic (exact) mass is 361 g/mol. The van der Waals surface area contributed by atoms with E-state index in [1.807, 2.05) is 0 Å². The van der Waals surface area contributed by atoms with Gasteiger partial charge in [-0.25, -0.2) is 4.79 Å². The lowest BCUT2D eigenvalue weighted by Gasteiger charge is -2.20. The molecule has 0 aliphatic heterocycles. The lowest BCUT2D eigenvalue weighted by Crippen LogP contribution is -2.52. The van der Waals surface area contributed by atoms with Crippen LogP contribution in [-0.2, 0) is 19.2 Å². The molecule has 10 heteroatoms. The largest absolute Gasteiger partial charge is 0.480 e. The number of carbonyl (C=O) groups is 4. The van der Waals surface area contributed by atoms with E-state index in [2.05, 4.69) is 29.8 Å². The molecule has 0 bridgehead atoms. The fourth-order valence-electron chi connectivity index (χ4n) is 1.71. The number of rotatable bonds is 11. The Balaban J connectivity index is 4.50. The van der Waals surface area contributed by atoms with Gasteiger partial charge >= 0.3 is 11.9 Å². The van der Waals surface area contributed by atoms with Gasteiger partial charge < -0.3 is 26.6 Å². The maximum absolute atomic E-state index is 12.0. The minimum Gasteiger partial charge on any atom is -0.480 e. The van der Waals surface area contributed by atoms with E-state index in [1.54, 1.807) is 0 Å². The molecule has 0 aromatic rings. The first-order valence-electron chi connectivity index (χ1n) is 7.17. The highest BCUT2D eigenvalue weighted by Crippen LogP contribution is 2.02. The normalized spacial score (nSPS) is 14.1. The van der Waals surface area contributed by atoms with Crippen LogP contribution in [0.5, 0.6) is 0 Å². The number of aliphatic carboxylic acids is 2. The van der Waals surface area contributed by atoms with Crippen LogP contribution in [0, 0.1) is 0 Å². The molecule has 24 heavy (non-hydrogen) atoms. The van der Waals surface area contributed by atoms with Crippen molar-refractivity contribution >= 4 is 36.4 Å². The zero-order chi connectivity index (χ0) is 18.9. The Morgan fingerprint density at radius 2 is 1.75 bits per heavy atom. The van der Waals surface area contributed by atoms with Crippen molar-refractivity contribution in [3.8, 4) is 0 Å². The lowest BCUT2D eigenvalue weighted by atomic mass is 10.1. The predicted molar refractivity (Wildman–Crippen MR) is 89.6 cm³/mol. The summed E-state index contributed by atoms with van der Waals surface area (Å²) >= 11 is 3.96. The van der Waals surface area contributed by atoms with Crippen molar-refractivity contribution < 1.29 is 29.4 Å². The van der Waals surface area contributed by atoms with E-state index in [1.165, 1.54) is 6.92 Å². The molecule has 0 fully saturated rings. The van der Waals surface area contributed by atoms with E-state index >= 15 is 0 Å². The van der Waals surface area contributed by atoms with E-state index in [0.29, 0.717) is 0 Å². The van der Waals surface area contributed by atoms with Crippen LogP contribution in [0.3, 0.4) is 0 Å². The Kier molecular flexibility index (Phi) is 9.74. The molecular formula is C14H23N3O6S. The fourth-order valence-corrected chi connectivity index (χ4v) is 1.96. The first kappa shape index (κ1) is 21.9. The third-order valence-corrected chi connectivity index (χ3v) is 3.46. The number of amides is 2. The molecule has 136 valence electrons. The van der Waals surface area contributed by atoms with E-state index in [0.717, 1.165) is 0 Å². The number of hydrogen-bond acceptors (Lipinski definition) is 6. The average molecular weight is 361 g/mol. The Morgan fingerprint density at radius 3 is 2.17 bits per heavy atom. The van der Waals surface area contributed by atoms with E-state index in [4.69, 9.17) is 15.9 Å². The van der Waals surface area contributed by atoms with Crippen LogP contribution in [0.15, 0.2) is 12.2 Å². The third-order valence-electron chi connectivity index (χ3n) is 3.10. The Morgan fingerprint density at radius 1 is 1.17 bits per heavy atom. The second kappa shape index (κ2) is 10.7. The summed E-state index contributed by atoms with van der Waals surface area (Å²) in [4.78, 5) is 45.4. The van der Waals surface area contributed by atoms with Gasteiger partial charge in [0.1, 0.15) is 18.1 Å². The molecule has 0 heterocycles. The van der Waals surface area contributed by atoms with Gasteiger partial charge in [-0.1, -0.05) is 6.58 Å². The first-order chi connectivity index (χ1) is 11.1. The summed E-state index contributed by atoms with van der Waals surface area (Å²) < 4.78 is 0. The summed E-state index contributed by atoms with van der Waals surface area (Å²) in [5.74, 6) is -3.63. The summed E-state index contributed by atoms with van der Waals surface area (Å²) in [5.41, 5.74) is 5.56. The Bertz CT molecular complexity index is 497. The maximum atomic E-state index is 12.0. The Labute approximate surface area is 145 Å². The summed E-state index contributed by atoms with van der Waals surface area (Å²) in [6.45, 7) is 4.94. The quantitative estimate of drug-likeness (QED) is 0.206. The van der Waals surface area contributed by atoms with Gasteiger partial charge in [0.05, 0.1) is 0 Å². The fraction of sp³-hybridized carbons (Fsp3) is 0.571. The van der Waals surface area contributed by atoms with E-state index in [9.17, 15) is 19.2 Å². The summed E-state index contributed by atoms with van der Waals surface area (Å²) in [6.07, 6.45) is 0.350. The van der Waals surface area contributed by atoms with Crippen LogP contribution in [0.1, 0.15) is 26.2 Å². The molecule has 0 spiro atoms. The van der Waals surface area contributed by atoms with Crippen molar-refractivity contribution in [3.63, 3.8) is 0 Å².